The van der Waals surface area contributed by atoms with Crippen LogP contribution in [0.4, 0.5) is 13.6 Å². The number of amides is 1. The number of piperidine rings is 3. The number of carbonyl (C=O) groups excluding carboxylic acids is 1. The van der Waals surface area contributed by atoms with Crippen LogP contribution in [-0.4, -0.2) is 48.2 Å². The van der Waals surface area contributed by atoms with E-state index in [4.69, 9.17) is 4.74 Å². The van der Waals surface area contributed by atoms with Gasteiger partial charge in [-0.05, 0) is 55.5 Å². The number of halogens is 2. The standard InChI is InChI=1S/C23H24F2N2O2/c24-17-5-6-19(20(25)13-17)22-18-4-2-1-3-15(18)9-12-27(22)23(28)29-21-14-26-10-7-16(21)8-11-26/h1-6,13,16,21-22H,7-12,14H2/t21?,22-/m1/s1. The number of fused-ring (bicyclic) bond motifs is 4. The Bertz CT molecular complexity index is 927. The van der Waals surface area contributed by atoms with Crippen molar-refractivity contribution in [2.75, 3.05) is 26.2 Å². The summed E-state index contributed by atoms with van der Waals surface area (Å²) < 4.78 is 34.2. The fraction of sp³-hybridized carbons (Fsp3) is 0.435. The minimum Gasteiger partial charge on any atom is -0.444 e. The fourth-order valence-electron chi connectivity index (χ4n) is 5.06. The van der Waals surface area contributed by atoms with E-state index in [2.05, 4.69) is 4.90 Å². The van der Waals surface area contributed by atoms with Crippen molar-refractivity contribution in [2.24, 2.45) is 5.92 Å². The average Bonchev–Trinajstić information content (AvgIpc) is 2.74. The highest BCUT2D eigenvalue weighted by Crippen LogP contribution is 2.38. The zero-order chi connectivity index (χ0) is 20.0. The summed E-state index contributed by atoms with van der Waals surface area (Å²) >= 11 is 0. The van der Waals surface area contributed by atoms with Crippen LogP contribution in [0.5, 0.6) is 0 Å². The molecule has 1 unspecified atom stereocenters. The van der Waals surface area contributed by atoms with E-state index in [1.807, 2.05) is 24.3 Å². The summed E-state index contributed by atoms with van der Waals surface area (Å²) in [5, 5.41) is 0. The predicted octanol–water partition coefficient (Wildman–Crippen LogP) is 4.14. The van der Waals surface area contributed by atoms with Crippen molar-refractivity contribution in [1.29, 1.82) is 0 Å². The Labute approximate surface area is 169 Å². The Balaban J connectivity index is 1.47. The van der Waals surface area contributed by atoms with Crippen molar-refractivity contribution in [2.45, 2.75) is 31.4 Å². The van der Waals surface area contributed by atoms with Crippen molar-refractivity contribution in [3.05, 3.63) is 70.8 Å². The first-order valence-corrected chi connectivity index (χ1v) is 10.3. The summed E-state index contributed by atoms with van der Waals surface area (Å²) in [5.74, 6) is -0.869. The van der Waals surface area contributed by atoms with Gasteiger partial charge in [0.1, 0.15) is 17.7 Å². The maximum absolute atomic E-state index is 14.7. The minimum atomic E-state index is -0.646. The Morgan fingerprint density at radius 2 is 1.79 bits per heavy atom. The summed E-state index contributed by atoms with van der Waals surface area (Å²) in [6.45, 7) is 3.35. The van der Waals surface area contributed by atoms with Crippen LogP contribution in [0.3, 0.4) is 0 Å². The number of ether oxygens (including phenoxy) is 1. The lowest BCUT2D eigenvalue weighted by molar-refractivity contribution is -0.0463. The Morgan fingerprint density at radius 3 is 2.52 bits per heavy atom. The van der Waals surface area contributed by atoms with Crippen molar-refractivity contribution >= 4 is 6.09 Å². The molecule has 152 valence electrons. The second-order valence-electron chi connectivity index (χ2n) is 8.27. The van der Waals surface area contributed by atoms with Crippen molar-refractivity contribution in [1.82, 2.24) is 9.80 Å². The lowest BCUT2D eigenvalue weighted by Gasteiger charge is -2.45. The van der Waals surface area contributed by atoms with Gasteiger partial charge in [-0.3, -0.25) is 9.80 Å². The van der Waals surface area contributed by atoms with Gasteiger partial charge in [-0.25, -0.2) is 13.6 Å². The number of hydrogen-bond donors (Lipinski definition) is 0. The molecule has 2 aromatic rings. The summed E-state index contributed by atoms with van der Waals surface area (Å²) in [7, 11) is 0. The highest BCUT2D eigenvalue weighted by molar-refractivity contribution is 5.70. The molecule has 0 aliphatic carbocycles. The number of rotatable bonds is 2. The van der Waals surface area contributed by atoms with E-state index in [0.29, 0.717) is 24.4 Å². The van der Waals surface area contributed by atoms with Gasteiger partial charge in [0, 0.05) is 24.7 Å². The van der Waals surface area contributed by atoms with Gasteiger partial charge < -0.3 is 4.74 Å². The highest BCUT2D eigenvalue weighted by atomic mass is 19.1. The van der Waals surface area contributed by atoms with Crippen LogP contribution in [0, 0.1) is 17.6 Å². The maximum atomic E-state index is 14.7. The number of nitrogens with zero attached hydrogens (tertiary/aromatic N) is 2. The molecule has 2 bridgehead atoms. The molecule has 3 fully saturated rings. The van der Waals surface area contributed by atoms with Gasteiger partial charge in [-0.15, -0.1) is 0 Å². The topological polar surface area (TPSA) is 32.8 Å². The molecular weight excluding hydrogens is 374 g/mol. The summed E-state index contributed by atoms with van der Waals surface area (Å²) in [5.41, 5.74) is 2.24. The first-order chi connectivity index (χ1) is 14.1. The molecule has 6 rings (SSSR count). The molecule has 0 saturated carbocycles. The van der Waals surface area contributed by atoms with Gasteiger partial charge >= 0.3 is 6.09 Å². The highest BCUT2D eigenvalue weighted by Gasteiger charge is 2.40. The predicted molar refractivity (Wildman–Crippen MR) is 104 cm³/mol. The Morgan fingerprint density at radius 1 is 1.00 bits per heavy atom. The van der Waals surface area contributed by atoms with Crippen LogP contribution < -0.4 is 0 Å². The van der Waals surface area contributed by atoms with Crippen molar-refractivity contribution in [3.63, 3.8) is 0 Å². The lowest BCUT2D eigenvalue weighted by atomic mass is 9.86. The van der Waals surface area contributed by atoms with E-state index in [0.717, 1.165) is 49.7 Å². The summed E-state index contributed by atoms with van der Waals surface area (Å²) in [4.78, 5) is 17.1. The lowest BCUT2D eigenvalue weighted by Crippen LogP contribution is -2.53. The van der Waals surface area contributed by atoms with E-state index >= 15 is 0 Å². The number of hydrogen-bond acceptors (Lipinski definition) is 3. The molecule has 1 amide bonds. The third-order valence-corrected chi connectivity index (χ3v) is 6.62. The average molecular weight is 398 g/mol. The minimum absolute atomic E-state index is 0.110. The molecule has 2 atom stereocenters. The molecule has 4 nitrogen and oxygen atoms in total. The van der Waals surface area contributed by atoms with Crippen molar-refractivity contribution < 1.29 is 18.3 Å². The normalized spacial score (nSPS) is 28.1. The molecular formula is C23H24F2N2O2. The smallest absolute Gasteiger partial charge is 0.410 e. The summed E-state index contributed by atoms with van der Waals surface area (Å²) in [6, 6.07) is 10.7. The zero-order valence-electron chi connectivity index (χ0n) is 16.2. The van der Waals surface area contributed by atoms with Crippen LogP contribution >= 0.6 is 0 Å². The first-order valence-electron chi connectivity index (χ1n) is 10.3. The van der Waals surface area contributed by atoms with Crippen LogP contribution in [0.25, 0.3) is 0 Å². The Kier molecular flexibility index (Phi) is 4.74. The molecule has 4 heterocycles. The SMILES string of the molecule is O=C(OC1CN2CCC1CC2)N1CCc2ccccc2[C@@H]1c1ccc(F)cc1F. The Hall–Kier alpha value is -2.47. The van der Waals surface area contributed by atoms with Crippen molar-refractivity contribution in [3.8, 4) is 0 Å². The molecule has 2 aromatic carbocycles. The third kappa shape index (κ3) is 3.39. The van der Waals surface area contributed by atoms with Crippen LogP contribution in [0.2, 0.25) is 0 Å². The van der Waals surface area contributed by atoms with Gasteiger partial charge in [0.05, 0.1) is 6.04 Å². The maximum Gasteiger partial charge on any atom is 0.410 e. The second-order valence-corrected chi connectivity index (χ2v) is 8.27. The van der Waals surface area contributed by atoms with Crippen LogP contribution in [0.1, 0.15) is 35.6 Å². The molecule has 6 heteroatoms. The molecule has 4 aliphatic rings. The molecule has 0 aromatic heterocycles. The quantitative estimate of drug-likeness (QED) is 0.762. The third-order valence-electron chi connectivity index (χ3n) is 6.62. The van der Waals surface area contributed by atoms with E-state index in [-0.39, 0.29) is 6.10 Å². The van der Waals surface area contributed by atoms with Gasteiger partial charge in [0.15, 0.2) is 0 Å². The van der Waals surface area contributed by atoms with E-state index < -0.39 is 23.8 Å². The molecule has 4 aliphatic heterocycles. The van der Waals surface area contributed by atoms with E-state index in [1.165, 1.54) is 12.1 Å². The zero-order valence-corrected chi connectivity index (χ0v) is 16.2. The number of benzene rings is 2. The first kappa shape index (κ1) is 18.6. The molecule has 0 radical (unpaired) electrons. The number of carbonyl (C=O) groups is 1. The second kappa shape index (κ2) is 7.41. The van der Waals surface area contributed by atoms with Gasteiger partial charge in [0.25, 0.3) is 0 Å². The van der Waals surface area contributed by atoms with Gasteiger partial charge in [-0.2, -0.15) is 0 Å². The summed E-state index contributed by atoms with van der Waals surface area (Å²) in [6.07, 6.45) is 2.27. The largest absolute Gasteiger partial charge is 0.444 e. The van der Waals surface area contributed by atoms with Crippen LogP contribution in [-0.2, 0) is 11.2 Å². The molecule has 0 N–H and O–H groups in total. The molecule has 0 spiro atoms. The van der Waals surface area contributed by atoms with Crippen LogP contribution in [0.15, 0.2) is 42.5 Å². The van der Waals surface area contributed by atoms with Gasteiger partial charge in [-0.1, -0.05) is 30.3 Å². The molecule has 29 heavy (non-hydrogen) atoms. The fourth-order valence-corrected chi connectivity index (χ4v) is 5.06. The molecule has 3 saturated heterocycles. The van der Waals surface area contributed by atoms with E-state index in [1.54, 1.807) is 4.90 Å². The van der Waals surface area contributed by atoms with E-state index in [9.17, 15) is 13.6 Å². The monoisotopic (exact) mass is 398 g/mol. The van der Waals surface area contributed by atoms with Gasteiger partial charge in [0.2, 0.25) is 0 Å².